The van der Waals surface area contributed by atoms with E-state index in [1.165, 1.54) is 0 Å². The molecule has 0 aliphatic rings. The normalized spacial score (nSPS) is 11.5. The Bertz CT molecular complexity index is 824. The molecule has 0 fully saturated rings. The van der Waals surface area contributed by atoms with Crippen LogP contribution in [-0.4, -0.2) is 9.55 Å². The van der Waals surface area contributed by atoms with Gasteiger partial charge in [-0.25, -0.2) is 4.98 Å². The predicted octanol–water partition coefficient (Wildman–Crippen LogP) is 5.28. The van der Waals surface area contributed by atoms with Crippen LogP contribution >= 0.6 is 27.5 Å². The van der Waals surface area contributed by atoms with E-state index in [0.717, 1.165) is 26.9 Å². The molecule has 0 radical (unpaired) electrons. The summed E-state index contributed by atoms with van der Waals surface area (Å²) >= 11 is 9.61. The van der Waals surface area contributed by atoms with Crippen LogP contribution in [0.1, 0.15) is 19.9 Å². The lowest BCUT2D eigenvalue weighted by Gasteiger charge is -2.14. The third-order valence-corrected chi connectivity index (χ3v) is 4.15. The molecule has 2 N–H and O–H groups in total. The van der Waals surface area contributed by atoms with Crippen molar-refractivity contribution in [2.24, 2.45) is 0 Å². The van der Waals surface area contributed by atoms with Gasteiger partial charge >= 0.3 is 0 Å². The largest absolute Gasteiger partial charge is 0.398 e. The molecule has 3 nitrogen and oxygen atoms in total. The summed E-state index contributed by atoms with van der Waals surface area (Å²) in [6.07, 6.45) is 0. The topological polar surface area (TPSA) is 43.8 Å². The molecule has 0 bridgehead atoms. The molecule has 0 aliphatic heterocycles. The number of nitrogens with zero attached hydrogens (tertiary/aromatic N) is 2. The Labute approximate surface area is 136 Å². The van der Waals surface area contributed by atoms with Crippen LogP contribution in [0.4, 0.5) is 5.69 Å². The number of fused-ring (bicyclic) bond motifs is 1. The average molecular weight is 365 g/mol. The van der Waals surface area contributed by atoms with Crippen molar-refractivity contribution in [3.05, 3.63) is 45.9 Å². The quantitative estimate of drug-likeness (QED) is 0.628. The van der Waals surface area contributed by atoms with E-state index in [4.69, 9.17) is 22.3 Å². The van der Waals surface area contributed by atoms with Crippen molar-refractivity contribution in [3.8, 4) is 11.4 Å². The average Bonchev–Trinajstić information content (AvgIpc) is 2.79. The van der Waals surface area contributed by atoms with Gasteiger partial charge < -0.3 is 10.3 Å². The fraction of sp³-hybridized carbons (Fsp3) is 0.188. The minimum absolute atomic E-state index is 0.268. The summed E-state index contributed by atoms with van der Waals surface area (Å²) in [5.74, 6) is 0.845. The molecule has 0 aliphatic carbocycles. The summed E-state index contributed by atoms with van der Waals surface area (Å²) < 4.78 is 3.19. The van der Waals surface area contributed by atoms with Crippen LogP contribution in [0.2, 0.25) is 5.02 Å². The summed E-state index contributed by atoms with van der Waals surface area (Å²) in [5, 5.41) is 0.655. The van der Waals surface area contributed by atoms with Crippen molar-refractivity contribution in [1.29, 1.82) is 0 Å². The number of anilines is 1. The molecule has 21 heavy (non-hydrogen) atoms. The van der Waals surface area contributed by atoms with Gasteiger partial charge in [-0.05, 0) is 50.2 Å². The lowest BCUT2D eigenvalue weighted by Crippen LogP contribution is -2.04. The van der Waals surface area contributed by atoms with E-state index < -0.39 is 0 Å². The van der Waals surface area contributed by atoms with Gasteiger partial charge in [0.25, 0.3) is 0 Å². The van der Waals surface area contributed by atoms with Crippen LogP contribution < -0.4 is 5.73 Å². The molecule has 2 aromatic carbocycles. The van der Waals surface area contributed by atoms with Crippen LogP contribution in [0, 0.1) is 0 Å². The zero-order valence-electron chi connectivity index (χ0n) is 11.8. The second-order valence-corrected chi connectivity index (χ2v) is 6.62. The fourth-order valence-corrected chi connectivity index (χ4v) is 3.03. The third-order valence-electron chi connectivity index (χ3n) is 3.42. The lowest BCUT2D eigenvalue weighted by molar-refractivity contribution is 0.624. The second kappa shape index (κ2) is 5.35. The van der Waals surface area contributed by atoms with E-state index in [-0.39, 0.29) is 6.04 Å². The lowest BCUT2D eigenvalue weighted by atomic mass is 10.1. The van der Waals surface area contributed by atoms with Crippen molar-refractivity contribution >= 4 is 44.3 Å². The Morgan fingerprint density at radius 3 is 2.67 bits per heavy atom. The zero-order chi connectivity index (χ0) is 15.1. The summed E-state index contributed by atoms with van der Waals surface area (Å²) in [4.78, 5) is 4.76. The summed E-state index contributed by atoms with van der Waals surface area (Å²) in [5.41, 5.74) is 9.69. The molecule has 3 aromatic rings. The number of aromatic nitrogens is 2. The number of hydrogen-bond donors (Lipinski definition) is 1. The highest BCUT2D eigenvalue weighted by molar-refractivity contribution is 9.10. The molecule has 3 rings (SSSR count). The highest BCUT2D eigenvalue weighted by Crippen LogP contribution is 2.34. The van der Waals surface area contributed by atoms with E-state index in [1.807, 2.05) is 24.3 Å². The summed E-state index contributed by atoms with van der Waals surface area (Å²) in [6, 6.07) is 11.8. The molecule has 0 atom stereocenters. The van der Waals surface area contributed by atoms with Crippen LogP contribution in [0.5, 0.6) is 0 Å². The highest BCUT2D eigenvalue weighted by atomic mass is 79.9. The molecule has 0 amide bonds. The monoisotopic (exact) mass is 363 g/mol. The number of halogens is 2. The van der Waals surface area contributed by atoms with Crippen molar-refractivity contribution in [2.45, 2.75) is 19.9 Å². The van der Waals surface area contributed by atoms with E-state index >= 15 is 0 Å². The first-order valence-corrected chi connectivity index (χ1v) is 7.87. The number of benzene rings is 2. The molecule has 0 saturated carbocycles. The fourth-order valence-electron chi connectivity index (χ4n) is 2.51. The van der Waals surface area contributed by atoms with E-state index in [9.17, 15) is 0 Å². The predicted molar refractivity (Wildman–Crippen MR) is 92.7 cm³/mol. The Morgan fingerprint density at radius 2 is 1.95 bits per heavy atom. The number of nitrogens with two attached hydrogens (primary N) is 1. The summed E-state index contributed by atoms with van der Waals surface area (Å²) in [6.45, 7) is 4.26. The molecule has 5 heteroatoms. The maximum atomic E-state index is 6.12. The van der Waals surface area contributed by atoms with Gasteiger partial charge in [-0.3, -0.25) is 0 Å². The van der Waals surface area contributed by atoms with Gasteiger partial charge in [0, 0.05) is 26.8 Å². The smallest absolute Gasteiger partial charge is 0.143 e. The minimum atomic E-state index is 0.268. The molecular formula is C16H15BrClN3. The first-order chi connectivity index (χ1) is 9.97. The number of imidazole rings is 1. The number of rotatable bonds is 2. The molecule has 0 unspecified atom stereocenters. The van der Waals surface area contributed by atoms with Crippen LogP contribution in [0.25, 0.3) is 22.4 Å². The minimum Gasteiger partial charge on any atom is -0.398 e. The van der Waals surface area contributed by atoms with Crippen molar-refractivity contribution < 1.29 is 0 Å². The first kappa shape index (κ1) is 14.4. The van der Waals surface area contributed by atoms with E-state index in [2.05, 4.69) is 40.4 Å². The zero-order valence-corrected chi connectivity index (χ0v) is 14.1. The highest BCUT2D eigenvalue weighted by Gasteiger charge is 2.17. The van der Waals surface area contributed by atoms with Gasteiger partial charge in [0.15, 0.2) is 0 Å². The van der Waals surface area contributed by atoms with Gasteiger partial charge in [-0.2, -0.15) is 0 Å². The van der Waals surface area contributed by atoms with Crippen LogP contribution in [0.3, 0.4) is 0 Å². The Balaban J connectivity index is 2.36. The van der Waals surface area contributed by atoms with Crippen LogP contribution in [0.15, 0.2) is 40.9 Å². The summed E-state index contributed by atoms with van der Waals surface area (Å²) in [7, 11) is 0. The second-order valence-electron chi connectivity index (χ2n) is 5.26. The SMILES string of the molecule is CC(C)n1c(-c2cc(Cl)ccc2N)nc2cc(Br)ccc21. The number of nitrogen functional groups attached to an aromatic ring is 1. The van der Waals surface area contributed by atoms with Crippen molar-refractivity contribution in [1.82, 2.24) is 9.55 Å². The van der Waals surface area contributed by atoms with Crippen molar-refractivity contribution in [3.63, 3.8) is 0 Å². The molecule has 1 aromatic heterocycles. The third kappa shape index (κ3) is 2.54. The molecule has 1 heterocycles. The first-order valence-electron chi connectivity index (χ1n) is 6.70. The Hall–Kier alpha value is -1.52. The van der Waals surface area contributed by atoms with Gasteiger partial charge in [-0.1, -0.05) is 27.5 Å². The van der Waals surface area contributed by atoms with Gasteiger partial charge in [0.05, 0.1) is 11.0 Å². The number of hydrogen-bond acceptors (Lipinski definition) is 2. The van der Waals surface area contributed by atoms with Gasteiger partial charge in [-0.15, -0.1) is 0 Å². The Kier molecular flexibility index (Phi) is 3.68. The maximum Gasteiger partial charge on any atom is 0.143 e. The molecular weight excluding hydrogens is 350 g/mol. The van der Waals surface area contributed by atoms with Crippen LogP contribution in [-0.2, 0) is 0 Å². The van der Waals surface area contributed by atoms with Gasteiger partial charge in [0.2, 0.25) is 0 Å². The van der Waals surface area contributed by atoms with Crippen molar-refractivity contribution in [2.75, 3.05) is 5.73 Å². The molecule has 108 valence electrons. The maximum absolute atomic E-state index is 6.12. The molecule has 0 spiro atoms. The van der Waals surface area contributed by atoms with Gasteiger partial charge in [0.1, 0.15) is 5.82 Å². The van der Waals surface area contributed by atoms with E-state index in [0.29, 0.717) is 10.7 Å². The molecule has 0 saturated heterocycles. The standard InChI is InChI=1S/C16H15BrClN3/c1-9(2)21-15-6-3-10(17)7-14(15)20-16(21)12-8-11(18)4-5-13(12)19/h3-9H,19H2,1-2H3. The Morgan fingerprint density at radius 1 is 1.19 bits per heavy atom. The van der Waals surface area contributed by atoms with E-state index in [1.54, 1.807) is 6.07 Å².